The summed E-state index contributed by atoms with van der Waals surface area (Å²) in [5.74, 6) is -0.0677. The first-order valence-corrected chi connectivity index (χ1v) is 8.11. The van der Waals surface area contributed by atoms with Gasteiger partial charge in [0.1, 0.15) is 11.9 Å². The van der Waals surface area contributed by atoms with Gasteiger partial charge in [-0.25, -0.2) is 0 Å². The standard InChI is InChI=1S/C20H21NO3/c1-13-15-5-2-3-6-16(15)17(7-4-10-21)18-11-14(12-20(22)23)8-9-19(18)24-13/h2-3,5-9,11,13H,4,10,12,21H2,1H3,(H,22,23)/b17-7+. The molecule has 0 saturated heterocycles. The van der Waals surface area contributed by atoms with Crippen LogP contribution in [-0.2, 0) is 11.2 Å². The van der Waals surface area contributed by atoms with Gasteiger partial charge < -0.3 is 15.6 Å². The zero-order valence-corrected chi connectivity index (χ0v) is 13.7. The lowest BCUT2D eigenvalue weighted by Gasteiger charge is -2.14. The smallest absolute Gasteiger partial charge is 0.307 e. The number of aliphatic carboxylic acids is 1. The third-order valence-electron chi connectivity index (χ3n) is 4.20. The molecule has 0 aliphatic carbocycles. The summed E-state index contributed by atoms with van der Waals surface area (Å²) in [6, 6.07) is 13.8. The second kappa shape index (κ2) is 6.89. The molecule has 0 bridgehead atoms. The number of ether oxygens (including phenoxy) is 1. The maximum Gasteiger partial charge on any atom is 0.307 e. The Morgan fingerprint density at radius 2 is 2.04 bits per heavy atom. The summed E-state index contributed by atoms with van der Waals surface area (Å²) in [4.78, 5) is 11.0. The van der Waals surface area contributed by atoms with Crippen LogP contribution in [0, 0.1) is 0 Å². The first-order chi connectivity index (χ1) is 11.6. The summed E-state index contributed by atoms with van der Waals surface area (Å²) >= 11 is 0. The van der Waals surface area contributed by atoms with Gasteiger partial charge in [-0.15, -0.1) is 0 Å². The van der Waals surface area contributed by atoms with Crippen LogP contribution in [0.2, 0.25) is 0 Å². The maximum atomic E-state index is 11.0. The number of fused-ring (bicyclic) bond motifs is 2. The minimum absolute atomic E-state index is 0.00531. The molecular formula is C20H21NO3. The van der Waals surface area contributed by atoms with Crippen molar-refractivity contribution in [2.24, 2.45) is 5.73 Å². The molecule has 2 aromatic carbocycles. The van der Waals surface area contributed by atoms with Gasteiger partial charge in [0.25, 0.3) is 0 Å². The molecule has 124 valence electrons. The van der Waals surface area contributed by atoms with Crippen molar-refractivity contribution >= 4 is 11.5 Å². The quantitative estimate of drug-likeness (QED) is 0.902. The molecule has 4 nitrogen and oxygen atoms in total. The van der Waals surface area contributed by atoms with Crippen LogP contribution in [0.3, 0.4) is 0 Å². The van der Waals surface area contributed by atoms with Crippen LogP contribution in [0.5, 0.6) is 5.75 Å². The van der Waals surface area contributed by atoms with Gasteiger partial charge in [0.05, 0.1) is 6.42 Å². The molecule has 0 radical (unpaired) electrons. The molecule has 2 aromatic rings. The molecule has 1 aliphatic heterocycles. The fourth-order valence-corrected chi connectivity index (χ4v) is 3.12. The Bertz CT molecular complexity index is 795. The van der Waals surface area contributed by atoms with Gasteiger partial charge in [-0.05, 0) is 54.3 Å². The Balaban J connectivity index is 2.19. The molecule has 0 amide bonds. The number of carboxylic acids is 1. The summed E-state index contributed by atoms with van der Waals surface area (Å²) in [6.45, 7) is 2.59. The van der Waals surface area contributed by atoms with Gasteiger partial charge in [-0.1, -0.05) is 36.4 Å². The minimum atomic E-state index is -0.842. The summed E-state index contributed by atoms with van der Waals surface area (Å²) in [5.41, 5.74) is 10.7. The van der Waals surface area contributed by atoms with Gasteiger partial charge >= 0.3 is 5.97 Å². The average molecular weight is 323 g/mol. The summed E-state index contributed by atoms with van der Waals surface area (Å²) in [7, 11) is 0. The molecular weight excluding hydrogens is 302 g/mol. The van der Waals surface area contributed by atoms with Crippen LogP contribution < -0.4 is 10.5 Å². The number of benzene rings is 2. The fourth-order valence-electron chi connectivity index (χ4n) is 3.12. The van der Waals surface area contributed by atoms with E-state index in [1.165, 1.54) is 0 Å². The predicted octanol–water partition coefficient (Wildman–Crippen LogP) is 3.55. The number of hydrogen-bond acceptors (Lipinski definition) is 3. The summed E-state index contributed by atoms with van der Waals surface area (Å²) in [6.07, 6.45) is 2.79. The van der Waals surface area contributed by atoms with Gasteiger partial charge in [0.2, 0.25) is 0 Å². The van der Waals surface area contributed by atoms with E-state index in [9.17, 15) is 4.79 Å². The third-order valence-corrected chi connectivity index (χ3v) is 4.20. The minimum Gasteiger partial charge on any atom is -0.485 e. The van der Waals surface area contributed by atoms with Crippen LogP contribution in [0.25, 0.3) is 5.57 Å². The first-order valence-electron chi connectivity index (χ1n) is 8.11. The van der Waals surface area contributed by atoms with Gasteiger partial charge in [-0.2, -0.15) is 0 Å². The Labute approximate surface area is 141 Å². The van der Waals surface area contributed by atoms with E-state index >= 15 is 0 Å². The molecule has 1 unspecified atom stereocenters. The third kappa shape index (κ3) is 3.19. The number of hydrogen-bond donors (Lipinski definition) is 2. The maximum absolute atomic E-state index is 11.0. The van der Waals surface area contributed by atoms with E-state index in [0.29, 0.717) is 6.54 Å². The summed E-state index contributed by atoms with van der Waals surface area (Å²) < 4.78 is 6.13. The normalized spacial score (nSPS) is 17.6. The van der Waals surface area contributed by atoms with Crippen molar-refractivity contribution in [3.8, 4) is 5.75 Å². The lowest BCUT2D eigenvalue weighted by molar-refractivity contribution is -0.136. The number of nitrogens with two attached hydrogens (primary N) is 1. The van der Waals surface area contributed by atoms with Crippen LogP contribution in [0.4, 0.5) is 0 Å². The van der Waals surface area contributed by atoms with Crippen LogP contribution in [-0.4, -0.2) is 17.6 Å². The molecule has 0 spiro atoms. The molecule has 1 aliphatic rings. The highest BCUT2D eigenvalue weighted by Gasteiger charge is 2.23. The predicted molar refractivity (Wildman–Crippen MR) is 94.0 cm³/mol. The van der Waals surface area contributed by atoms with Gasteiger partial charge in [-0.3, -0.25) is 4.79 Å². The van der Waals surface area contributed by atoms with Crippen LogP contribution >= 0.6 is 0 Å². The van der Waals surface area contributed by atoms with Gasteiger partial charge in [0.15, 0.2) is 0 Å². The lowest BCUT2D eigenvalue weighted by Crippen LogP contribution is -2.03. The van der Waals surface area contributed by atoms with Crippen molar-refractivity contribution in [2.45, 2.75) is 25.9 Å². The molecule has 0 fully saturated rings. The highest BCUT2D eigenvalue weighted by Crippen LogP contribution is 2.41. The molecule has 3 N–H and O–H groups in total. The van der Waals surface area contributed by atoms with Crippen molar-refractivity contribution in [1.82, 2.24) is 0 Å². The van der Waals surface area contributed by atoms with Crippen molar-refractivity contribution in [3.05, 3.63) is 70.8 Å². The van der Waals surface area contributed by atoms with E-state index in [1.807, 2.05) is 37.3 Å². The number of carbonyl (C=O) groups is 1. The van der Waals surface area contributed by atoms with Crippen molar-refractivity contribution in [2.75, 3.05) is 6.54 Å². The Morgan fingerprint density at radius 3 is 2.79 bits per heavy atom. The van der Waals surface area contributed by atoms with E-state index in [-0.39, 0.29) is 12.5 Å². The second-order valence-corrected chi connectivity index (χ2v) is 5.94. The molecule has 24 heavy (non-hydrogen) atoms. The van der Waals surface area contributed by atoms with E-state index in [1.54, 1.807) is 0 Å². The molecule has 3 rings (SSSR count). The Morgan fingerprint density at radius 1 is 1.25 bits per heavy atom. The molecule has 1 atom stereocenters. The molecule has 1 heterocycles. The Hall–Kier alpha value is -2.59. The first kappa shape index (κ1) is 16.3. The van der Waals surface area contributed by atoms with E-state index < -0.39 is 5.97 Å². The monoisotopic (exact) mass is 323 g/mol. The van der Waals surface area contributed by atoms with Crippen molar-refractivity contribution in [1.29, 1.82) is 0 Å². The number of rotatable bonds is 4. The highest BCUT2D eigenvalue weighted by molar-refractivity contribution is 5.86. The van der Waals surface area contributed by atoms with E-state index in [4.69, 9.17) is 15.6 Å². The topological polar surface area (TPSA) is 72.5 Å². The fraction of sp³-hybridized carbons (Fsp3) is 0.250. The zero-order chi connectivity index (χ0) is 17.1. The van der Waals surface area contributed by atoms with E-state index in [0.717, 1.165) is 40.0 Å². The summed E-state index contributed by atoms with van der Waals surface area (Å²) in [5, 5.41) is 9.07. The van der Waals surface area contributed by atoms with Crippen molar-refractivity contribution in [3.63, 3.8) is 0 Å². The zero-order valence-electron chi connectivity index (χ0n) is 13.7. The lowest BCUT2D eigenvalue weighted by atomic mass is 9.91. The Kier molecular flexibility index (Phi) is 4.67. The average Bonchev–Trinajstić information content (AvgIpc) is 2.67. The molecule has 0 saturated carbocycles. The molecule has 0 aromatic heterocycles. The van der Waals surface area contributed by atoms with Crippen LogP contribution in [0.15, 0.2) is 48.5 Å². The second-order valence-electron chi connectivity index (χ2n) is 5.94. The molecule has 4 heteroatoms. The van der Waals surface area contributed by atoms with E-state index in [2.05, 4.69) is 18.2 Å². The van der Waals surface area contributed by atoms with Crippen molar-refractivity contribution < 1.29 is 14.6 Å². The van der Waals surface area contributed by atoms with Gasteiger partial charge in [0, 0.05) is 5.56 Å². The van der Waals surface area contributed by atoms with Crippen LogP contribution in [0.1, 0.15) is 41.7 Å². The largest absolute Gasteiger partial charge is 0.485 e. The highest BCUT2D eigenvalue weighted by atomic mass is 16.5. The number of carboxylic acid groups (broad SMARTS) is 1. The SMILES string of the molecule is CC1Oc2ccc(CC(=O)O)cc2/C(=C/CCN)c2ccccc21.